The van der Waals surface area contributed by atoms with Crippen molar-refractivity contribution in [2.45, 2.75) is 13.0 Å². The molecule has 0 saturated carbocycles. The molecule has 1 unspecified atom stereocenters. The minimum atomic E-state index is -1.51. The van der Waals surface area contributed by atoms with Crippen LogP contribution in [0.1, 0.15) is 22.8 Å². The summed E-state index contributed by atoms with van der Waals surface area (Å²) >= 11 is 0. The number of hydrogen-bond acceptors (Lipinski definition) is 2. The molecule has 20 heavy (non-hydrogen) atoms. The molecular formula is C15H13F3O2. The molecule has 0 aliphatic carbocycles. The maximum atomic E-state index is 13.9. The molecule has 1 N–H and O–H groups in total. The van der Waals surface area contributed by atoms with Crippen LogP contribution in [0.15, 0.2) is 30.3 Å². The Morgan fingerprint density at radius 2 is 1.65 bits per heavy atom. The van der Waals surface area contributed by atoms with Gasteiger partial charge in [0.1, 0.15) is 29.3 Å². The summed E-state index contributed by atoms with van der Waals surface area (Å²) in [5.41, 5.74) is 0.169. The van der Waals surface area contributed by atoms with E-state index in [1.165, 1.54) is 19.2 Å². The summed E-state index contributed by atoms with van der Waals surface area (Å²) in [4.78, 5) is 0. The minimum Gasteiger partial charge on any atom is -0.497 e. The number of hydrogen-bond donors (Lipinski definition) is 1. The van der Waals surface area contributed by atoms with Crippen LogP contribution in [-0.4, -0.2) is 12.2 Å². The molecule has 0 aliphatic heterocycles. The van der Waals surface area contributed by atoms with Gasteiger partial charge in [0, 0.05) is 12.1 Å². The Morgan fingerprint density at radius 1 is 1.05 bits per heavy atom. The van der Waals surface area contributed by atoms with Crippen molar-refractivity contribution in [3.8, 4) is 5.75 Å². The molecule has 0 amide bonds. The fourth-order valence-electron chi connectivity index (χ4n) is 2.04. The first-order valence-corrected chi connectivity index (χ1v) is 5.91. The summed E-state index contributed by atoms with van der Waals surface area (Å²) < 4.78 is 45.6. The van der Waals surface area contributed by atoms with E-state index in [2.05, 4.69) is 0 Å². The van der Waals surface area contributed by atoms with Gasteiger partial charge < -0.3 is 9.84 Å². The van der Waals surface area contributed by atoms with Crippen LogP contribution in [0.4, 0.5) is 13.2 Å². The zero-order chi connectivity index (χ0) is 14.9. The first-order chi connectivity index (χ1) is 9.43. The van der Waals surface area contributed by atoms with Crippen LogP contribution in [0.5, 0.6) is 5.75 Å². The Morgan fingerprint density at radius 3 is 2.15 bits per heavy atom. The zero-order valence-electron chi connectivity index (χ0n) is 11.0. The van der Waals surface area contributed by atoms with Gasteiger partial charge in [-0.05, 0) is 30.2 Å². The van der Waals surface area contributed by atoms with Gasteiger partial charge in [0.15, 0.2) is 0 Å². The second-order valence-corrected chi connectivity index (χ2v) is 4.41. The highest BCUT2D eigenvalue weighted by Gasteiger charge is 2.22. The lowest BCUT2D eigenvalue weighted by molar-refractivity contribution is 0.207. The first kappa shape index (κ1) is 14.4. The lowest BCUT2D eigenvalue weighted by Gasteiger charge is -2.16. The summed E-state index contributed by atoms with van der Waals surface area (Å²) in [5.74, 6) is -2.29. The Bertz CT molecular complexity index is 618. The number of aliphatic hydroxyl groups is 1. The summed E-state index contributed by atoms with van der Waals surface area (Å²) in [5, 5.41) is 10.1. The lowest BCUT2D eigenvalue weighted by atomic mass is 9.96. The van der Waals surface area contributed by atoms with Crippen LogP contribution in [0.3, 0.4) is 0 Å². The fourth-order valence-corrected chi connectivity index (χ4v) is 2.04. The predicted molar refractivity (Wildman–Crippen MR) is 68.1 cm³/mol. The van der Waals surface area contributed by atoms with Gasteiger partial charge in [-0.2, -0.15) is 0 Å². The van der Waals surface area contributed by atoms with Crippen molar-refractivity contribution in [3.63, 3.8) is 0 Å². The standard InChI is InChI=1S/C15H13F3O2/c1-8-5-9(16)3-4-11(8)15(19)14-12(17)6-10(20-2)7-13(14)18/h3-7,15,19H,1-2H3. The van der Waals surface area contributed by atoms with E-state index in [4.69, 9.17) is 4.74 Å². The molecule has 0 saturated heterocycles. The largest absolute Gasteiger partial charge is 0.497 e. The smallest absolute Gasteiger partial charge is 0.135 e. The molecule has 0 bridgehead atoms. The predicted octanol–water partition coefficient (Wildman–Crippen LogP) is 3.50. The maximum Gasteiger partial charge on any atom is 0.135 e. The van der Waals surface area contributed by atoms with Crippen LogP contribution in [0.2, 0.25) is 0 Å². The van der Waals surface area contributed by atoms with E-state index in [-0.39, 0.29) is 11.3 Å². The summed E-state index contributed by atoms with van der Waals surface area (Å²) in [7, 11) is 1.29. The Labute approximate surface area is 114 Å². The van der Waals surface area contributed by atoms with Gasteiger partial charge in [0.25, 0.3) is 0 Å². The van der Waals surface area contributed by atoms with Crippen molar-refractivity contribution < 1.29 is 23.0 Å². The third-order valence-corrected chi connectivity index (χ3v) is 3.09. The number of methoxy groups -OCH3 is 1. The van der Waals surface area contributed by atoms with Crippen molar-refractivity contribution in [1.29, 1.82) is 0 Å². The van der Waals surface area contributed by atoms with Gasteiger partial charge in [0.05, 0.1) is 12.7 Å². The quantitative estimate of drug-likeness (QED) is 0.933. The third-order valence-electron chi connectivity index (χ3n) is 3.09. The molecule has 5 heteroatoms. The molecule has 0 aliphatic rings. The van der Waals surface area contributed by atoms with Gasteiger partial charge >= 0.3 is 0 Å². The van der Waals surface area contributed by atoms with E-state index in [1.807, 2.05) is 0 Å². The minimum absolute atomic E-state index is 0.0202. The first-order valence-electron chi connectivity index (χ1n) is 5.91. The molecule has 1 atom stereocenters. The van der Waals surface area contributed by atoms with E-state index in [0.717, 1.165) is 18.2 Å². The van der Waals surface area contributed by atoms with E-state index < -0.39 is 29.1 Å². The normalized spacial score (nSPS) is 12.3. The molecule has 0 fully saturated rings. The Hall–Kier alpha value is -2.01. The maximum absolute atomic E-state index is 13.9. The van der Waals surface area contributed by atoms with Crippen LogP contribution >= 0.6 is 0 Å². The highest BCUT2D eigenvalue weighted by atomic mass is 19.1. The zero-order valence-corrected chi connectivity index (χ0v) is 11.0. The van der Waals surface area contributed by atoms with Gasteiger partial charge in [-0.1, -0.05) is 6.07 Å². The van der Waals surface area contributed by atoms with Crippen LogP contribution < -0.4 is 4.74 Å². The van der Waals surface area contributed by atoms with E-state index >= 15 is 0 Å². The van der Waals surface area contributed by atoms with Gasteiger partial charge in [-0.3, -0.25) is 0 Å². The number of benzene rings is 2. The number of halogens is 3. The van der Waals surface area contributed by atoms with Crippen molar-refractivity contribution in [2.24, 2.45) is 0 Å². The fraction of sp³-hybridized carbons (Fsp3) is 0.200. The highest BCUT2D eigenvalue weighted by Crippen LogP contribution is 2.31. The van der Waals surface area contributed by atoms with Crippen LogP contribution in [0, 0.1) is 24.4 Å². The molecule has 2 aromatic carbocycles. The molecule has 0 heterocycles. The number of ether oxygens (including phenoxy) is 1. The Kier molecular flexibility index (Phi) is 3.99. The van der Waals surface area contributed by atoms with Crippen molar-refractivity contribution in [3.05, 3.63) is 64.5 Å². The van der Waals surface area contributed by atoms with Crippen molar-refractivity contribution >= 4 is 0 Å². The SMILES string of the molecule is COc1cc(F)c(C(O)c2ccc(F)cc2C)c(F)c1. The van der Waals surface area contributed by atoms with Crippen LogP contribution in [0.25, 0.3) is 0 Å². The Balaban J connectivity index is 2.50. The average molecular weight is 282 g/mol. The lowest BCUT2D eigenvalue weighted by Crippen LogP contribution is -2.08. The molecule has 2 aromatic rings. The molecule has 2 rings (SSSR count). The highest BCUT2D eigenvalue weighted by molar-refractivity contribution is 5.39. The number of aliphatic hydroxyl groups excluding tert-OH is 1. The molecular weight excluding hydrogens is 269 g/mol. The van der Waals surface area contributed by atoms with E-state index in [1.54, 1.807) is 6.92 Å². The van der Waals surface area contributed by atoms with E-state index in [0.29, 0.717) is 5.56 Å². The van der Waals surface area contributed by atoms with Gasteiger partial charge in [0.2, 0.25) is 0 Å². The average Bonchev–Trinajstić information content (AvgIpc) is 2.37. The molecule has 2 nitrogen and oxygen atoms in total. The monoisotopic (exact) mass is 282 g/mol. The summed E-state index contributed by atoms with van der Waals surface area (Å²) in [6.07, 6.45) is -1.51. The van der Waals surface area contributed by atoms with Crippen molar-refractivity contribution in [1.82, 2.24) is 0 Å². The second kappa shape index (κ2) is 5.54. The molecule has 0 spiro atoms. The summed E-state index contributed by atoms with van der Waals surface area (Å²) in [6, 6.07) is 5.60. The van der Waals surface area contributed by atoms with E-state index in [9.17, 15) is 18.3 Å². The topological polar surface area (TPSA) is 29.5 Å². The van der Waals surface area contributed by atoms with Crippen molar-refractivity contribution in [2.75, 3.05) is 7.11 Å². The number of rotatable bonds is 3. The van der Waals surface area contributed by atoms with Gasteiger partial charge in [-0.15, -0.1) is 0 Å². The summed E-state index contributed by atoms with van der Waals surface area (Å²) in [6.45, 7) is 1.56. The second-order valence-electron chi connectivity index (χ2n) is 4.41. The van der Waals surface area contributed by atoms with Crippen LogP contribution in [-0.2, 0) is 0 Å². The molecule has 0 radical (unpaired) electrons. The third kappa shape index (κ3) is 2.63. The molecule has 0 aromatic heterocycles. The van der Waals surface area contributed by atoms with Gasteiger partial charge in [-0.25, -0.2) is 13.2 Å². The molecule has 106 valence electrons. The number of aryl methyl sites for hydroxylation is 1.